The van der Waals surface area contributed by atoms with E-state index in [1.54, 1.807) is 11.3 Å². The first kappa shape index (κ1) is 26.8. The van der Waals surface area contributed by atoms with Gasteiger partial charge in [-0.25, -0.2) is 0 Å². The second kappa shape index (κ2) is 11.1. The summed E-state index contributed by atoms with van der Waals surface area (Å²) in [6.45, 7) is 2.07. The minimum absolute atomic E-state index is 0.104. The van der Waals surface area contributed by atoms with Crippen molar-refractivity contribution in [2.24, 2.45) is 0 Å². The van der Waals surface area contributed by atoms with Crippen LogP contribution in [0.25, 0.3) is 10.2 Å². The standard InChI is InChI=1S/C28H28INOP4S/c1-21-30-26-19-22(17-18-28(26)36-21)27(31-34(32)33)20-35(29,23-11-5-2-6-12-23,24-13-7-3-8-14-24)25-15-9-4-10-16-25/h2-19,27H,20,32-33H2,1H3. The number of aryl methyl sites for hydroxylation is 1. The SMILES string of the molecule is Cc1nc2cc(C(CP(I)(c3ccccc3)(c3ccccc3)c3ccccc3)OP(P)P)ccc2s1. The second-order valence-electron chi connectivity index (χ2n) is 8.79. The first-order valence-electron chi connectivity index (χ1n) is 11.6. The Bertz CT molecular complexity index is 1370. The monoisotopic (exact) mass is 677 g/mol. The summed E-state index contributed by atoms with van der Waals surface area (Å²) in [4.78, 5) is 4.79. The molecule has 5 aromatic rings. The number of thiazole rings is 1. The van der Waals surface area contributed by atoms with Crippen molar-refractivity contribution in [1.29, 1.82) is 0 Å². The molecule has 0 aliphatic heterocycles. The number of rotatable bonds is 8. The fourth-order valence-corrected chi connectivity index (χ4v) is 16.0. The molecule has 0 fully saturated rings. The number of halogens is 1. The number of hydrogen-bond acceptors (Lipinski definition) is 3. The third kappa shape index (κ3) is 5.09. The molecular formula is C28H28INOP4S. The Morgan fingerprint density at radius 3 is 1.81 bits per heavy atom. The van der Waals surface area contributed by atoms with Gasteiger partial charge in [-0.3, -0.25) is 0 Å². The first-order chi connectivity index (χ1) is 17.4. The van der Waals surface area contributed by atoms with Gasteiger partial charge in [-0.1, -0.05) is 0 Å². The van der Waals surface area contributed by atoms with Crippen molar-refractivity contribution in [1.82, 2.24) is 4.98 Å². The molecule has 1 heterocycles. The van der Waals surface area contributed by atoms with Gasteiger partial charge in [0.15, 0.2) is 0 Å². The van der Waals surface area contributed by atoms with Crippen LogP contribution in [0.3, 0.4) is 0 Å². The minimum atomic E-state index is -3.00. The summed E-state index contributed by atoms with van der Waals surface area (Å²) < 4.78 is 4.98. The van der Waals surface area contributed by atoms with Crippen LogP contribution in [0.4, 0.5) is 0 Å². The van der Waals surface area contributed by atoms with Crippen molar-refractivity contribution in [3.8, 4) is 0 Å². The number of hydrogen-bond donors (Lipinski definition) is 0. The van der Waals surface area contributed by atoms with Crippen LogP contribution >= 0.6 is 63.0 Å². The molecule has 4 aromatic carbocycles. The average molecular weight is 677 g/mol. The first-order valence-corrected chi connectivity index (χ1v) is 22.1. The summed E-state index contributed by atoms with van der Waals surface area (Å²) in [5, 5.41) is 5.16. The third-order valence-corrected chi connectivity index (χ3v) is 20.0. The van der Waals surface area contributed by atoms with E-state index in [4.69, 9.17) is 9.51 Å². The topological polar surface area (TPSA) is 22.1 Å². The molecule has 36 heavy (non-hydrogen) atoms. The second-order valence-corrected chi connectivity index (χ2v) is 26.5. The quantitative estimate of drug-likeness (QED) is 0.121. The Balaban J connectivity index is 1.78. The molecule has 184 valence electrons. The predicted molar refractivity (Wildman–Crippen MR) is 179 cm³/mol. The van der Waals surface area contributed by atoms with Crippen molar-refractivity contribution in [2.45, 2.75) is 13.0 Å². The summed E-state index contributed by atoms with van der Waals surface area (Å²) in [6, 6.07) is 39.8. The summed E-state index contributed by atoms with van der Waals surface area (Å²) >= 11 is 4.59. The van der Waals surface area contributed by atoms with Crippen LogP contribution in [0, 0.1) is 6.92 Å². The summed E-state index contributed by atoms with van der Waals surface area (Å²) in [5.74, 6) is 0. The van der Waals surface area contributed by atoms with Gasteiger partial charge in [0.05, 0.1) is 0 Å². The van der Waals surface area contributed by atoms with E-state index in [0.29, 0.717) is 0 Å². The summed E-state index contributed by atoms with van der Waals surface area (Å²) in [6.07, 6.45) is 0.744. The molecule has 0 radical (unpaired) electrons. The number of fused-ring (bicyclic) bond motifs is 1. The number of benzene rings is 4. The molecule has 8 heteroatoms. The van der Waals surface area contributed by atoms with E-state index in [-0.39, 0.29) is 6.10 Å². The van der Waals surface area contributed by atoms with E-state index in [0.717, 1.165) is 16.7 Å². The normalized spacial score (nSPS) is 14.0. The fraction of sp³-hybridized carbons (Fsp3) is 0.107. The van der Waals surface area contributed by atoms with Gasteiger partial charge in [0.1, 0.15) is 0 Å². The molecule has 5 rings (SSSR count). The van der Waals surface area contributed by atoms with Crippen LogP contribution < -0.4 is 15.9 Å². The van der Waals surface area contributed by atoms with Crippen molar-refractivity contribution in [2.75, 3.05) is 6.16 Å². The van der Waals surface area contributed by atoms with Crippen LogP contribution in [0.2, 0.25) is 0 Å². The predicted octanol–water partition coefficient (Wildman–Crippen LogP) is 8.52. The van der Waals surface area contributed by atoms with Gasteiger partial charge in [0.2, 0.25) is 0 Å². The molecule has 3 unspecified atom stereocenters. The van der Waals surface area contributed by atoms with Crippen molar-refractivity contribution in [3.05, 3.63) is 120 Å². The number of aromatic nitrogens is 1. The molecular weight excluding hydrogens is 649 g/mol. The molecule has 0 aliphatic carbocycles. The zero-order valence-electron chi connectivity index (χ0n) is 19.9. The van der Waals surface area contributed by atoms with Crippen LogP contribution in [-0.4, -0.2) is 11.1 Å². The van der Waals surface area contributed by atoms with E-state index in [9.17, 15) is 0 Å². The van der Waals surface area contributed by atoms with E-state index >= 15 is 0 Å². The molecule has 2 nitrogen and oxygen atoms in total. The zero-order valence-corrected chi connectivity index (χ0v) is 26.9. The molecule has 3 atom stereocenters. The van der Waals surface area contributed by atoms with E-state index < -0.39 is 11.8 Å². The van der Waals surface area contributed by atoms with Gasteiger partial charge < -0.3 is 0 Å². The number of nitrogens with zero attached hydrogens (tertiary/aromatic N) is 1. The average Bonchev–Trinajstić information content (AvgIpc) is 3.29. The molecule has 0 saturated carbocycles. The summed E-state index contributed by atoms with van der Waals surface area (Å²) in [5.41, 5.74) is 2.23. The Hall–Kier alpha value is -0.820. The molecule has 0 saturated heterocycles. The van der Waals surface area contributed by atoms with E-state index in [1.165, 1.54) is 26.2 Å². The van der Waals surface area contributed by atoms with E-state index in [2.05, 4.69) is 156 Å². The van der Waals surface area contributed by atoms with E-state index in [1.807, 2.05) is 0 Å². The molecule has 0 N–H and O–H groups in total. The Morgan fingerprint density at radius 2 is 1.33 bits per heavy atom. The van der Waals surface area contributed by atoms with Crippen LogP contribution in [0.5, 0.6) is 0 Å². The molecule has 0 bridgehead atoms. The Kier molecular flexibility index (Phi) is 8.27. The van der Waals surface area contributed by atoms with Gasteiger partial charge in [-0.15, -0.1) is 0 Å². The van der Waals surface area contributed by atoms with Gasteiger partial charge >= 0.3 is 238 Å². The Morgan fingerprint density at radius 1 is 0.833 bits per heavy atom. The summed E-state index contributed by atoms with van der Waals surface area (Å²) in [7, 11) is 4.96. The molecule has 0 aliphatic rings. The molecule has 1 aromatic heterocycles. The third-order valence-electron chi connectivity index (χ3n) is 6.53. The van der Waals surface area contributed by atoms with Gasteiger partial charge in [-0.2, -0.15) is 0 Å². The Labute approximate surface area is 236 Å². The molecule has 0 amide bonds. The fourth-order valence-electron chi connectivity index (χ4n) is 4.90. The van der Waals surface area contributed by atoms with Crippen molar-refractivity contribution < 1.29 is 4.52 Å². The van der Waals surface area contributed by atoms with Crippen LogP contribution in [0.1, 0.15) is 16.7 Å². The van der Waals surface area contributed by atoms with Crippen LogP contribution in [-0.2, 0) is 4.52 Å². The molecule has 0 spiro atoms. The van der Waals surface area contributed by atoms with Gasteiger partial charge in [0.25, 0.3) is 0 Å². The van der Waals surface area contributed by atoms with Gasteiger partial charge in [0, 0.05) is 0 Å². The maximum absolute atomic E-state index is 6.77. The maximum atomic E-state index is 6.77. The van der Waals surface area contributed by atoms with Crippen molar-refractivity contribution >= 4 is 89.1 Å². The van der Waals surface area contributed by atoms with Crippen LogP contribution in [0.15, 0.2) is 109 Å². The zero-order chi connectivity index (χ0) is 25.2. The van der Waals surface area contributed by atoms with Crippen molar-refractivity contribution in [3.63, 3.8) is 0 Å². The van der Waals surface area contributed by atoms with Gasteiger partial charge in [-0.05, 0) is 0 Å².